The summed E-state index contributed by atoms with van der Waals surface area (Å²) in [6.07, 6.45) is 6.54. The van der Waals surface area contributed by atoms with Gasteiger partial charge in [0.15, 0.2) is 5.82 Å². The maximum atomic E-state index is 4.71. The molecular weight excluding hydrogens is 260 g/mol. The maximum absolute atomic E-state index is 4.71. The quantitative estimate of drug-likeness (QED) is 0.923. The molecule has 0 bridgehead atoms. The Morgan fingerprint density at radius 1 is 1.19 bits per heavy atom. The molecule has 3 rings (SSSR count). The minimum atomic E-state index is 0.290. The average Bonchev–Trinajstić information content (AvgIpc) is 3.04. The number of hydrogen-bond donors (Lipinski definition) is 1. The zero-order valence-electron chi connectivity index (χ0n) is 14.0. The second kappa shape index (κ2) is 5.71. The molecule has 118 valence electrons. The fourth-order valence-electron chi connectivity index (χ4n) is 4.47. The highest BCUT2D eigenvalue weighted by atomic mass is 15.3. The van der Waals surface area contributed by atoms with Gasteiger partial charge < -0.3 is 9.88 Å². The van der Waals surface area contributed by atoms with E-state index in [-0.39, 0.29) is 5.41 Å². The second-order valence-corrected chi connectivity index (χ2v) is 7.79. The SMILES string of the molecule is CC(C)CC1(c2nnc3n2CCNC3C(C)C)CCCC1. The van der Waals surface area contributed by atoms with E-state index in [0.29, 0.717) is 12.0 Å². The van der Waals surface area contributed by atoms with Crippen LogP contribution in [0.5, 0.6) is 0 Å². The summed E-state index contributed by atoms with van der Waals surface area (Å²) >= 11 is 0. The lowest BCUT2D eigenvalue weighted by molar-refractivity contribution is 0.292. The predicted molar refractivity (Wildman–Crippen MR) is 85.2 cm³/mol. The van der Waals surface area contributed by atoms with Gasteiger partial charge in [0.1, 0.15) is 5.82 Å². The number of nitrogens with zero attached hydrogens (tertiary/aromatic N) is 3. The molecule has 0 saturated heterocycles. The molecule has 4 nitrogen and oxygen atoms in total. The van der Waals surface area contributed by atoms with Crippen LogP contribution in [0.3, 0.4) is 0 Å². The van der Waals surface area contributed by atoms with Gasteiger partial charge in [0.2, 0.25) is 0 Å². The van der Waals surface area contributed by atoms with Gasteiger partial charge in [0.05, 0.1) is 6.04 Å². The van der Waals surface area contributed by atoms with E-state index in [9.17, 15) is 0 Å². The Morgan fingerprint density at radius 3 is 2.52 bits per heavy atom. The van der Waals surface area contributed by atoms with Gasteiger partial charge in [-0.25, -0.2) is 0 Å². The summed E-state index contributed by atoms with van der Waals surface area (Å²) in [6.45, 7) is 11.3. The molecule has 1 aliphatic carbocycles. The molecule has 1 atom stereocenters. The van der Waals surface area contributed by atoms with E-state index in [1.54, 1.807) is 0 Å². The van der Waals surface area contributed by atoms with Crippen molar-refractivity contribution in [3.8, 4) is 0 Å². The highest BCUT2D eigenvalue weighted by Crippen LogP contribution is 2.45. The molecule has 0 spiro atoms. The summed E-state index contributed by atoms with van der Waals surface area (Å²) < 4.78 is 2.45. The van der Waals surface area contributed by atoms with Gasteiger partial charge in [0, 0.05) is 18.5 Å². The summed E-state index contributed by atoms with van der Waals surface area (Å²) in [4.78, 5) is 0. The van der Waals surface area contributed by atoms with E-state index in [1.165, 1.54) is 43.8 Å². The Hall–Kier alpha value is -0.900. The van der Waals surface area contributed by atoms with Gasteiger partial charge in [-0.15, -0.1) is 10.2 Å². The molecule has 4 heteroatoms. The second-order valence-electron chi connectivity index (χ2n) is 7.79. The van der Waals surface area contributed by atoms with Gasteiger partial charge >= 0.3 is 0 Å². The minimum absolute atomic E-state index is 0.290. The molecular formula is C17H30N4. The first-order chi connectivity index (χ1) is 10.0. The monoisotopic (exact) mass is 290 g/mol. The van der Waals surface area contributed by atoms with Crippen molar-refractivity contribution in [2.24, 2.45) is 11.8 Å². The van der Waals surface area contributed by atoms with Crippen molar-refractivity contribution in [3.63, 3.8) is 0 Å². The number of hydrogen-bond acceptors (Lipinski definition) is 3. The third-order valence-electron chi connectivity index (χ3n) is 5.26. The summed E-state index contributed by atoms with van der Waals surface area (Å²) in [7, 11) is 0. The molecule has 21 heavy (non-hydrogen) atoms. The summed E-state index contributed by atoms with van der Waals surface area (Å²) in [5.74, 6) is 3.74. The van der Waals surface area contributed by atoms with Crippen molar-refractivity contribution >= 4 is 0 Å². The van der Waals surface area contributed by atoms with Crippen LogP contribution in [0.1, 0.15) is 77.5 Å². The maximum Gasteiger partial charge on any atom is 0.150 e. The highest BCUT2D eigenvalue weighted by molar-refractivity contribution is 5.16. The predicted octanol–water partition coefficient (Wildman–Crippen LogP) is 3.44. The number of aromatic nitrogens is 3. The van der Waals surface area contributed by atoms with Gasteiger partial charge in [-0.2, -0.15) is 0 Å². The minimum Gasteiger partial charge on any atom is -0.312 e. The first kappa shape index (κ1) is 15.0. The standard InChI is InChI=1S/C17H30N4/c1-12(2)11-17(7-5-6-8-17)16-20-19-15-14(13(3)4)18-9-10-21(15)16/h12-14,18H,5-11H2,1-4H3. The largest absolute Gasteiger partial charge is 0.312 e. The highest BCUT2D eigenvalue weighted by Gasteiger charge is 2.42. The Balaban J connectivity index is 1.99. The lowest BCUT2D eigenvalue weighted by Gasteiger charge is -2.33. The molecule has 1 unspecified atom stereocenters. The van der Waals surface area contributed by atoms with Gasteiger partial charge in [0.25, 0.3) is 0 Å². The Kier molecular flexibility index (Phi) is 4.08. The molecule has 1 aliphatic heterocycles. The van der Waals surface area contributed by atoms with Crippen LogP contribution in [-0.2, 0) is 12.0 Å². The number of rotatable bonds is 4. The third kappa shape index (κ3) is 2.63. The smallest absolute Gasteiger partial charge is 0.150 e. The van der Waals surface area contributed by atoms with E-state index < -0.39 is 0 Å². The van der Waals surface area contributed by atoms with Crippen LogP contribution in [0.25, 0.3) is 0 Å². The van der Waals surface area contributed by atoms with Crippen LogP contribution >= 0.6 is 0 Å². The summed E-state index contributed by atoms with van der Waals surface area (Å²) in [6, 6.07) is 0.359. The molecule has 1 aromatic heterocycles. The Bertz CT molecular complexity index is 483. The zero-order chi connectivity index (χ0) is 15.0. The van der Waals surface area contributed by atoms with Crippen molar-refractivity contribution in [2.75, 3.05) is 6.54 Å². The van der Waals surface area contributed by atoms with Crippen LogP contribution < -0.4 is 5.32 Å². The van der Waals surface area contributed by atoms with Gasteiger partial charge in [-0.3, -0.25) is 0 Å². The van der Waals surface area contributed by atoms with Crippen molar-refractivity contribution in [2.45, 2.75) is 77.8 Å². The fraction of sp³-hybridized carbons (Fsp3) is 0.882. The van der Waals surface area contributed by atoms with Crippen LogP contribution in [0.4, 0.5) is 0 Å². The van der Waals surface area contributed by atoms with E-state index in [0.717, 1.165) is 19.0 Å². The van der Waals surface area contributed by atoms with Crippen molar-refractivity contribution in [1.29, 1.82) is 0 Å². The molecule has 2 heterocycles. The van der Waals surface area contributed by atoms with Crippen molar-refractivity contribution in [1.82, 2.24) is 20.1 Å². The number of nitrogens with one attached hydrogen (secondary N) is 1. The van der Waals surface area contributed by atoms with Crippen molar-refractivity contribution in [3.05, 3.63) is 11.6 Å². The van der Waals surface area contributed by atoms with Crippen molar-refractivity contribution < 1.29 is 0 Å². The first-order valence-corrected chi connectivity index (χ1v) is 8.70. The van der Waals surface area contributed by atoms with E-state index in [4.69, 9.17) is 5.10 Å². The van der Waals surface area contributed by atoms with E-state index >= 15 is 0 Å². The molecule has 1 aromatic rings. The Labute approximate surface area is 128 Å². The lowest BCUT2D eigenvalue weighted by Crippen LogP contribution is -2.39. The van der Waals surface area contributed by atoms with E-state index in [1.807, 2.05) is 0 Å². The first-order valence-electron chi connectivity index (χ1n) is 8.70. The molecule has 2 aliphatic rings. The molecule has 1 fully saturated rings. The zero-order valence-corrected chi connectivity index (χ0v) is 14.0. The number of fused-ring (bicyclic) bond motifs is 1. The Morgan fingerprint density at radius 2 is 1.90 bits per heavy atom. The normalized spacial score (nSPS) is 24.8. The molecule has 1 N–H and O–H groups in total. The summed E-state index contributed by atoms with van der Waals surface area (Å²) in [5.41, 5.74) is 0.290. The van der Waals surface area contributed by atoms with Gasteiger partial charge in [-0.05, 0) is 31.1 Å². The van der Waals surface area contributed by atoms with Crippen LogP contribution in [-0.4, -0.2) is 21.3 Å². The van der Waals surface area contributed by atoms with Crippen LogP contribution in [0.2, 0.25) is 0 Å². The molecule has 0 radical (unpaired) electrons. The topological polar surface area (TPSA) is 42.7 Å². The van der Waals surface area contributed by atoms with Crippen LogP contribution in [0.15, 0.2) is 0 Å². The lowest BCUT2D eigenvalue weighted by atomic mass is 9.77. The van der Waals surface area contributed by atoms with Crippen LogP contribution in [0, 0.1) is 11.8 Å². The fourth-order valence-corrected chi connectivity index (χ4v) is 4.47. The molecule has 0 amide bonds. The van der Waals surface area contributed by atoms with Gasteiger partial charge in [-0.1, -0.05) is 40.5 Å². The van der Waals surface area contributed by atoms with E-state index in [2.05, 4.69) is 42.7 Å². The summed E-state index contributed by atoms with van der Waals surface area (Å²) in [5, 5.41) is 12.9. The molecule has 0 aromatic carbocycles. The molecule has 1 saturated carbocycles. The third-order valence-corrected chi connectivity index (χ3v) is 5.26. The average molecular weight is 290 g/mol.